The fourth-order valence-corrected chi connectivity index (χ4v) is 3.47. The summed E-state index contributed by atoms with van der Waals surface area (Å²) in [6.07, 6.45) is 2.80. The Bertz CT molecular complexity index is 1270. The van der Waals surface area contributed by atoms with E-state index >= 15 is 0 Å². The molecule has 0 atom stereocenters. The van der Waals surface area contributed by atoms with E-state index in [0.29, 0.717) is 22.5 Å². The first-order valence-corrected chi connectivity index (χ1v) is 8.84. The Kier molecular flexibility index (Phi) is 3.98. The summed E-state index contributed by atoms with van der Waals surface area (Å²) < 4.78 is 19.5. The predicted molar refractivity (Wildman–Crippen MR) is 101 cm³/mol. The van der Waals surface area contributed by atoms with Crippen molar-refractivity contribution in [2.75, 3.05) is 0 Å². The van der Waals surface area contributed by atoms with Crippen LogP contribution in [-0.2, 0) is 20.1 Å². The van der Waals surface area contributed by atoms with E-state index in [4.69, 9.17) is 0 Å². The number of imidazole rings is 2. The highest BCUT2D eigenvalue weighted by Crippen LogP contribution is 2.16. The highest BCUT2D eigenvalue weighted by Gasteiger charge is 2.20. The van der Waals surface area contributed by atoms with E-state index in [0.717, 1.165) is 23.2 Å². The van der Waals surface area contributed by atoms with E-state index in [-0.39, 0.29) is 12.4 Å². The van der Waals surface area contributed by atoms with Crippen LogP contribution in [0.2, 0.25) is 0 Å². The topological polar surface area (TPSA) is 66.2 Å². The van der Waals surface area contributed by atoms with E-state index in [1.165, 1.54) is 16.7 Å². The van der Waals surface area contributed by atoms with Crippen molar-refractivity contribution in [3.05, 3.63) is 68.4 Å². The molecule has 0 saturated carbocycles. The van der Waals surface area contributed by atoms with Gasteiger partial charge in [-0.25, -0.2) is 9.18 Å². The summed E-state index contributed by atoms with van der Waals surface area (Å²) in [5.74, 6) is 0.288. The van der Waals surface area contributed by atoms with Gasteiger partial charge in [0.2, 0.25) is 5.78 Å². The Morgan fingerprint density at radius 1 is 1.11 bits per heavy atom. The van der Waals surface area contributed by atoms with Crippen molar-refractivity contribution in [2.45, 2.75) is 33.4 Å². The van der Waals surface area contributed by atoms with Gasteiger partial charge < -0.3 is 4.57 Å². The summed E-state index contributed by atoms with van der Waals surface area (Å²) in [5, 5.41) is 0. The average Bonchev–Trinajstić information content (AvgIpc) is 3.15. The Morgan fingerprint density at radius 2 is 1.81 bits per heavy atom. The smallest absolute Gasteiger partial charge is 0.314 e. The fourth-order valence-electron chi connectivity index (χ4n) is 3.47. The number of aryl methyl sites for hydroxylation is 3. The van der Waals surface area contributed by atoms with Crippen LogP contribution in [0.15, 0.2) is 40.1 Å². The van der Waals surface area contributed by atoms with Crippen LogP contribution < -0.4 is 11.2 Å². The summed E-state index contributed by atoms with van der Waals surface area (Å²) in [6, 6.07) is 5.77. The van der Waals surface area contributed by atoms with Crippen LogP contribution in [0.1, 0.15) is 24.6 Å². The van der Waals surface area contributed by atoms with E-state index in [1.54, 1.807) is 23.6 Å². The summed E-state index contributed by atoms with van der Waals surface area (Å²) in [6.45, 7) is 4.90. The highest BCUT2D eigenvalue weighted by molar-refractivity contribution is 5.75. The van der Waals surface area contributed by atoms with Gasteiger partial charge in [-0.05, 0) is 31.0 Å². The zero-order valence-corrected chi connectivity index (χ0v) is 15.4. The Labute approximate surface area is 153 Å². The average molecular weight is 369 g/mol. The van der Waals surface area contributed by atoms with Crippen molar-refractivity contribution in [1.82, 2.24) is 23.1 Å². The largest absolute Gasteiger partial charge is 0.332 e. The Balaban J connectivity index is 1.99. The first-order chi connectivity index (χ1) is 12.9. The number of fused-ring (bicyclic) bond motifs is 3. The lowest BCUT2D eigenvalue weighted by Crippen LogP contribution is -2.39. The molecule has 0 amide bonds. The third-order valence-corrected chi connectivity index (χ3v) is 4.84. The molecule has 3 aromatic heterocycles. The fraction of sp³-hybridized carbons (Fsp3) is 0.316. The third kappa shape index (κ3) is 2.59. The maximum Gasteiger partial charge on any atom is 0.332 e. The van der Waals surface area contributed by atoms with Crippen LogP contribution in [0, 0.1) is 12.7 Å². The van der Waals surface area contributed by atoms with E-state index in [1.807, 2.05) is 17.7 Å². The maximum atomic E-state index is 13.1. The first-order valence-electron chi connectivity index (χ1n) is 8.84. The molecule has 0 N–H and O–H groups in total. The van der Waals surface area contributed by atoms with Crippen LogP contribution in [0.3, 0.4) is 0 Å². The van der Waals surface area contributed by atoms with Gasteiger partial charge in [-0.3, -0.25) is 18.3 Å². The molecule has 0 bridgehead atoms. The maximum absolute atomic E-state index is 13.1. The number of aromatic nitrogens is 5. The van der Waals surface area contributed by atoms with Gasteiger partial charge in [0.25, 0.3) is 5.56 Å². The second-order valence-electron chi connectivity index (χ2n) is 6.74. The highest BCUT2D eigenvalue weighted by atomic mass is 19.1. The summed E-state index contributed by atoms with van der Waals surface area (Å²) in [4.78, 5) is 30.4. The second-order valence-corrected chi connectivity index (χ2v) is 6.74. The first kappa shape index (κ1) is 17.3. The molecule has 140 valence electrons. The lowest BCUT2D eigenvalue weighted by Gasteiger charge is -2.08. The van der Waals surface area contributed by atoms with Gasteiger partial charge in [-0.15, -0.1) is 0 Å². The summed E-state index contributed by atoms with van der Waals surface area (Å²) in [7, 11) is 1.61. The normalized spacial score (nSPS) is 11.7. The van der Waals surface area contributed by atoms with Gasteiger partial charge >= 0.3 is 5.69 Å². The lowest BCUT2D eigenvalue weighted by atomic mass is 10.2. The van der Waals surface area contributed by atoms with Crippen LogP contribution in [0.25, 0.3) is 16.9 Å². The minimum Gasteiger partial charge on any atom is -0.314 e. The molecular weight excluding hydrogens is 349 g/mol. The zero-order valence-electron chi connectivity index (χ0n) is 15.4. The lowest BCUT2D eigenvalue weighted by molar-refractivity contribution is 0.623. The molecule has 0 aliphatic heterocycles. The van der Waals surface area contributed by atoms with Crippen LogP contribution in [0.5, 0.6) is 0 Å². The minimum atomic E-state index is -0.448. The van der Waals surface area contributed by atoms with Gasteiger partial charge in [-0.1, -0.05) is 19.1 Å². The van der Waals surface area contributed by atoms with Crippen molar-refractivity contribution in [2.24, 2.45) is 7.05 Å². The Hall–Kier alpha value is -3.16. The molecule has 0 aliphatic rings. The predicted octanol–water partition coefficient (Wildman–Crippen LogP) is 2.06. The van der Waals surface area contributed by atoms with E-state index in [2.05, 4.69) is 11.9 Å². The number of hydrogen-bond donors (Lipinski definition) is 0. The molecular formula is C19H20FN5O2. The molecule has 4 rings (SSSR count). The minimum absolute atomic E-state index is 0.0730. The standard InChI is InChI=1S/C19H20FN5O2/c1-4-9-23-12(2)10-24-15-16(21-18(23)24)22(3)19(27)25(17(15)26)11-13-5-7-14(20)8-6-13/h5-8,10H,4,9,11H2,1-3H3. The summed E-state index contributed by atoms with van der Waals surface area (Å²) in [5.41, 5.74) is 1.55. The molecule has 0 radical (unpaired) electrons. The van der Waals surface area contributed by atoms with Crippen molar-refractivity contribution in [3.8, 4) is 0 Å². The molecule has 7 nitrogen and oxygen atoms in total. The van der Waals surface area contributed by atoms with Gasteiger partial charge in [-0.2, -0.15) is 4.98 Å². The van der Waals surface area contributed by atoms with E-state index in [9.17, 15) is 14.0 Å². The molecule has 0 spiro atoms. The molecule has 4 aromatic rings. The van der Waals surface area contributed by atoms with Gasteiger partial charge in [0, 0.05) is 25.5 Å². The van der Waals surface area contributed by atoms with Crippen molar-refractivity contribution < 1.29 is 4.39 Å². The van der Waals surface area contributed by atoms with Crippen LogP contribution in [0.4, 0.5) is 4.39 Å². The number of hydrogen-bond acceptors (Lipinski definition) is 3. The van der Waals surface area contributed by atoms with Crippen molar-refractivity contribution >= 4 is 16.9 Å². The monoisotopic (exact) mass is 369 g/mol. The molecule has 0 fully saturated rings. The summed E-state index contributed by atoms with van der Waals surface area (Å²) >= 11 is 0. The molecule has 27 heavy (non-hydrogen) atoms. The van der Waals surface area contributed by atoms with Gasteiger partial charge in [0.05, 0.1) is 6.54 Å². The number of halogens is 1. The third-order valence-electron chi connectivity index (χ3n) is 4.84. The number of nitrogens with zero attached hydrogens (tertiary/aromatic N) is 5. The quantitative estimate of drug-likeness (QED) is 0.553. The molecule has 0 unspecified atom stereocenters. The van der Waals surface area contributed by atoms with Crippen molar-refractivity contribution in [3.63, 3.8) is 0 Å². The molecule has 3 heterocycles. The number of rotatable bonds is 4. The molecule has 0 aliphatic carbocycles. The molecule has 0 saturated heterocycles. The van der Waals surface area contributed by atoms with E-state index < -0.39 is 11.2 Å². The zero-order chi connectivity index (χ0) is 19.3. The van der Waals surface area contributed by atoms with Crippen molar-refractivity contribution in [1.29, 1.82) is 0 Å². The van der Waals surface area contributed by atoms with Gasteiger partial charge in [0.1, 0.15) is 5.82 Å². The molecule has 8 heteroatoms. The Morgan fingerprint density at radius 3 is 2.48 bits per heavy atom. The molecule has 1 aromatic carbocycles. The van der Waals surface area contributed by atoms with Crippen LogP contribution >= 0.6 is 0 Å². The van der Waals surface area contributed by atoms with Gasteiger partial charge in [0.15, 0.2) is 11.2 Å². The second kappa shape index (κ2) is 6.22. The SMILES string of the molecule is CCCn1c(C)cn2c3c(=O)n(Cc4ccc(F)cc4)c(=O)n(C)c3nc12. The number of benzene rings is 1. The van der Waals surface area contributed by atoms with Crippen LogP contribution in [-0.4, -0.2) is 23.1 Å².